The number of benzene rings is 22. The van der Waals surface area contributed by atoms with Crippen LogP contribution in [0.4, 0.5) is 51.2 Å². The first kappa shape index (κ1) is 84.2. The Morgan fingerprint density at radius 2 is 0.411 bits per heavy atom. The first-order valence-electron chi connectivity index (χ1n) is 47.6. The number of fused-ring (bicyclic) bond motifs is 18. The lowest BCUT2D eigenvalue weighted by Crippen LogP contribution is -2.10. The van der Waals surface area contributed by atoms with E-state index in [1.807, 2.05) is 63.5 Å². The quantitative estimate of drug-likeness (QED) is 0.0963. The SMILES string of the molecule is c1ccc(-c2ccc(N(c3ccccc3)c3cc(-c4cccc5c4oc4ccccc45)c4sc5ccccc5c4c3)cc2)cc1.c1ccc(-c2ccc(N(c3ccccc3)c3cc(-c4cccc5c4sc4ccccc45)c4sc5ccccc5c4c3)cc2)cc1.c1ccc(-c2ccc(N(c3ccccc3)c3ccc(-c4cc(-c5ccc6oc7ccccc7c6c5)c5sc6ccccc6c5c4)cc3)cc2)cc1. The molecule has 0 spiro atoms. The molecule has 22 aromatic carbocycles. The van der Waals surface area contributed by atoms with Gasteiger partial charge in [-0.1, -0.05) is 346 Å². The molecule has 0 bridgehead atoms. The standard InChI is InChI=1S/C48H31NOS.C42H27NOS.C42H27NS2/c1-3-11-32(12-4-1)33-19-24-38(25-20-33)49(37-13-5-2-6-14-37)39-26-21-34(22-27-39)36-30-42(48-44(31-36)41-16-8-10-18-47(41)51-48)35-23-28-46-43(29-35)40-15-7-9-17-45(40)50-46;2*1-3-12-28(13-4-1)29-22-24-31(25-23-29)43(30-14-5-2-6-15-30)32-26-37-34-17-8-10-21-40(34)45-42(37)38(27-32)36-19-11-18-35-33-16-7-9-20-39(33)44-41(35)36/h1-31H;2*1-27H. The minimum atomic E-state index is 0.910. The molecule has 0 aliphatic heterocycles. The van der Waals surface area contributed by atoms with Crippen LogP contribution in [-0.2, 0) is 0 Å². The highest BCUT2D eigenvalue weighted by Gasteiger charge is 2.26. The number of hydrogen-bond donors (Lipinski definition) is 0. The summed E-state index contributed by atoms with van der Waals surface area (Å²) < 4.78 is 23.2. The van der Waals surface area contributed by atoms with Crippen LogP contribution in [0, 0.1) is 0 Å². The highest BCUT2D eigenvalue weighted by atomic mass is 32.1. The third-order valence-corrected chi connectivity index (χ3v) is 32.1. The Bertz CT molecular complexity index is 9170. The zero-order valence-electron chi connectivity index (χ0n) is 76.4. The Hall–Kier alpha value is -17.3. The van der Waals surface area contributed by atoms with Crippen LogP contribution in [0.1, 0.15) is 0 Å². The summed E-state index contributed by atoms with van der Waals surface area (Å²) in [5.74, 6) is 0. The summed E-state index contributed by atoms with van der Waals surface area (Å²) in [6, 6.07) is 185. The van der Waals surface area contributed by atoms with Gasteiger partial charge in [-0.25, -0.2) is 0 Å². The van der Waals surface area contributed by atoms with Crippen molar-refractivity contribution in [1.82, 2.24) is 0 Å². The zero-order chi connectivity index (χ0) is 93.2. The van der Waals surface area contributed by atoms with Gasteiger partial charge in [0.25, 0.3) is 0 Å². The minimum Gasteiger partial charge on any atom is -0.456 e. The molecule has 664 valence electrons. The minimum absolute atomic E-state index is 0.910. The fourth-order valence-corrected chi connectivity index (χ4v) is 25.4. The number of thiophene rings is 4. The van der Waals surface area contributed by atoms with Crippen LogP contribution < -0.4 is 14.7 Å². The van der Waals surface area contributed by atoms with E-state index in [1.54, 1.807) is 0 Å². The molecule has 0 unspecified atom stereocenters. The largest absolute Gasteiger partial charge is 0.456 e. The summed E-state index contributed by atoms with van der Waals surface area (Å²) >= 11 is 7.51. The Kier molecular flexibility index (Phi) is 21.7. The maximum absolute atomic E-state index is 6.58. The monoisotopic (exact) mass is 1870 g/mol. The average molecular weight is 1870 g/mol. The fraction of sp³-hybridized carbons (Fsp3) is 0. The van der Waals surface area contributed by atoms with Crippen molar-refractivity contribution in [2.24, 2.45) is 0 Å². The van der Waals surface area contributed by atoms with Crippen LogP contribution in [0.3, 0.4) is 0 Å². The molecule has 0 aliphatic carbocycles. The molecule has 9 heteroatoms. The Balaban J connectivity index is 0.000000109. The highest BCUT2D eigenvalue weighted by Crippen LogP contribution is 2.53. The Morgan fingerprint density at radius 3 is 0.844 bits per heavy atom. The molecule has 0 saturated carbocycles. The second-order valence-electron chi connectivity index (χ2n) is 35.6. The Labute approximate surface area is 831 Å². The summed E-state index contributed by atoms with van der Waals surface area (Å²) in [6.45, 7) is 0. The van der Waals surface area contributed by atoms with E-state index in [2.05, 4.69) is 512 Å². The lowest BCUT2D eigenvalue weighted by atomic mass is 9.95. The molecule has 0 aliphatic rings. The van der Waals surface area contributed by atoms with Gasteiger partial charge in [-0.05, 0) is 220 Å². The van der Waals surface area contributed by atoms with Crippen LogP contribution >= 0.6 is 45.3 Å². The van der Waals surface area contributed by atoms with E-state index in [4.69, 9.17) is 8.83 Å². The van der Waals surface area contributed by atoms with Gasteiger partial charge in [0, 0.05) is 181 Å². The smallest absolute Gasteiger partial charge is 0.143 e. The van der Waals surface area contributed by atoms with Crippen molar-refractivity contribution >= 4 is 221 Å². The lowest BCUT2D eigenvalue weighted by molar-refractivity contribution is 0.669. The van der Waals surface area contributed by atoms with E-state index in [0.717, 1.165) is 101 Å². The molecule has 28 aromatic rings. The number of nitrogens with zero attached hydrogens (tertiary/aromatic N) is 3. The maximum atomic E-state index is 6.58. The molecular weight excluding hydrogens is 1790 g/mol. The van der Waals surface area contributed by atoms with Gasteiger partial charge in [0.15, 0.2) is 0 Å². The van der Waals surface area contributed by atoms with Crippen molar-refractivity contribution in [3.8, 4) is 77.9 Å². The normalized spacial score (nSPS) is 11.5. The molecule has 0 N–H and O–H groups in total. The van der Waals surface area contributed by atoms with Crippen LogP contribution in [0.2, 0.25) is 0 Å². The predicted octanol–water partition coefficient (Wildman–Crippen LogP) is 40.4. The third kappa shape index (κ3) is 15.7. The number of anilines is 9. The van der Waals surface area contributed by atoms with Crippen molar-refractivity contribution in [3.05, 3.63) is 516 Å². The molecular formula is C132H85N3O2S4. The second kappa shape index (κ2) is 36.3. The first-order valence-corrected chi connectivity index (χ1v) is 50.9. The molecule has 6 heterocycles. The van der Waals surface area contributed by atoms with Gasteiger partial charge in [0.1, 0.15) is 22.3 Å². The van der Waals surface area contributed by atoms with E-state index in [1.165, 1.54) is 153 Å². The van der Waals surface area contributed by atoms with Gasteiger partial charge in [-0.3, -0.25) is 0 Å². The van der Waals surface area contributed by atoms with Crippen LogP contribution in [0.25, 0.3) is 202 Å². The molecule has 0 saturated heterocycles. The number of furan rings is 2. The average Bonchev–Trinajstić information content (AvgIpc) is 1.58. The van der Waals surface area contributed by atoms with Crippen molar-refractivity contribution < 1.29 is 8.83 Å². The van der Waals surface area contributed by atoms with E-state index < -0.39 is 0 Å². The molecule has 0 fully saturated rings. The van der Waals surface area contributed by atoms with E-state index >= 15 is 0 Å². The lowest BCUT2D eigenvalue weighted by Gasteiger charge is -2.26. The summed E-state index contributed by atoms with van der Waals surface area (Å²) in [4.78, 5) is 7.09. The molecule has 141 heavy (non-hydrogen) atoms. The molecule has 5 nitrogen and oxygen atoms in total. The van der Waals surface area contributed by atoms with Gasteiger partial charge in [0.05, 0.1) is 0 Å². The van der Waals surface area contributed by atoms with E-state index in [0.29, 0.717) is 0 Å². The Morgan fingerprint density at radius 1 is 0.135 bits per heavy atom. The van der Waals surface area contributed by atoms with Gasteiger partial charge >= 0.3 is 0 Å². The number of hydrogen-bond acceptors (Lipinski definition) is 9. The van der Waals surface area contributed by atoms with Gasteiger partial charge in [0.2, 0.25) is 0 Å². The predicted molar refractivity (Wildman–Crippen MR) is 608 cm³/mol. The van der Waals surface area contributed by atoms with Crippen LogP contribution in [-0.4, -0.2) is 0 Å². The number of rotatable bonds is 16. The second-order valence-corrected chi connectivity index (χ2v) is 39.8. The number of para-hydroxylation sites is 6. The molecule has 0 atom stereocenters. The summed E-state index contributed by atoms with van der Waals surface area (Å²) in [5, 5.41) is 14.9. The summed E-state index contributed by atoms with van der Waals surface area (Å²) in [5.41, 5.74) is 30.7. The molecule has 0 amide bonds. The van der Waals surface area contributed by atoms with Crippen molar-refractivity contribution in [3.63, 3.8) is 0 Å². The fourth-order valence-electron chi connectivity index (χ4n) is 20.5. The van der Waals surface area contributed by atoms with Crippen LogP contribution in [0.15, 0.2) is 524 Å². The molecule has 6 aromatic heterocycles. The third-order valence-electron chi connectivity index (χ3n) is 27.2. The maximum Gasteiger partial charge on any atom is 0.143 e. The van der Waals surface area contributed by atoms with E-state index in [9.17, 15) is 0 Å². The highest BCUT2D eigenvalue weighted by molar-refractivity contribution is 7.28. The first-order chi connectivity index (χ1) is 69.9. The van der Waals surface area contributed by atoms with Gasteiger partial charge in [-0.15, -0.1) is 45.3 Å². The van der Waals surface area contributed by atoms with Gasteiger partial charge in [-0.2, -0.15) is 0 Å². The zero-order valence-corrected chi connectivity index (χ0v) is 79.6. The molecule has 0 radical (unpaired) electrons. The van der Waals surface area contributed by atoms with Crippen molar-refractivity contribution in [1.29, 1.82) is 0 Å². The topological polar surface area (TPSA) is 36.0 Å². The molecule has 28 rings (SSSR count). The van der Waals surface area contributed by atoms with Gasteiger partial charge < -0.3 is 23.5 Å². The van der Waals surface area contributed by atoms with Crippen molar-refractivity contribution in [2.75, 3.05) is 14.7 Å². The van der Waals surface area contributed by atoms with E-state index in [-0.39, 0.29) is 0 Å². The summed E-state index contributed by atoms with van der Waals surface area (Å²) in [7, 11) is 0. The van der Waals surface area contributed by atoms with Crippen molar-refractivity contribution in [2.45, 2.75) is 0 Å². The van der Waals surface area contributed by atoms with Crippen LogP contribution in [0.5, 0.6) is 0 Å². The summed E-state index contributed by atoms with van der Waals surface area (Å²) in [6.07, 6.45) is 0.